The maximum Gasteiger partial charge on any atom is 0.335 e. The van der Waals surface area contributed by atoms with E-state index in [9.17, 15) is 9.59 Å². The van der Waals surface area contributed by atoms with Crippen LogP contribution in [0.3, 0.4) is 0 Å². The van der Waals surface area contributed by atoms with Crippen molar-refractivity contribution >= 4 is 23.6 Å². The fourth-order valence-electron chi connectivity index (χ4n) is 1.82. The minimum atomic E-state index is -1.04. The Hall–Kier alpha value is -3.33. The fraction of sp³-hybridized carbons (Fsp3) is 0.0625. The van der Waals surface area contributed by atoms with E-state index in [4.69, 9.17) is 10.4 Å². The Kier molecular flexibility index (Phi) is 4.39. The largest absolute Gasteiger partial charge is 0.478 e. The number of hydrogen-bond donors (Lipinski definition) is 2. The van der Waals surface area contributed by atoms with Crippen molar-refractivity contribution in [1.29, 1.82) is 5.26 Å². The second kappa shape index (κ2) is 6.41. The average Bonchev–Trinajstić information content (AvgIpc) is 2.90. The Bertz CT molecular complexity index is 780. The summed E-state index contributed by atoms with van der Waals surface area (Å²) in [6, 6.07) is 11.2. The van der Waals surface area contributed by atoms with Crippen LogP contribution < -0.4 is 5.32 Å². The molecule has 0 aliphatic carbocycles. The van der Waals surface area contributed by atoms with Gasteiger partial charge < -0.3 is 15.0 Å². The normalized spacial score (nSPS) is 10.8. The van der Waals surface area contributed by atoms with Crippen molar-refractivity contribution in [2.45, 2.75) is 0 Å². The van der Waals surface area contributed by atoms with Crippen LogP contribution in [0.5, 0.6) is 0 Å². The molecule has 110 valence electrons. The van der Waals surface area contributed by atoms with E-state index in [1.807, 2.05) is 25.4 Å². The van der Waals surface area contributed by atoms with Crippen LogP contribution in [0.4, 0.5) is 5.69 Å². The Morgan fingerprint density at radius 1 is 1.27 bits per heavy atom. The van der Waals surface area contributed by atoms with Gasteiger partial charge in [-0.3, -0.25) is 4.79 Å². The molecule has 0 fully saturated rings. The lowest BCUT2D eigenvalue weighted by molar-refractivity contribution is -0.112. The standard InChI is InChI=1S/C16H13N3O3/c1-19-8-2-3-14(19)9-12(10-17)15(20)18-13-6-4-11(5-7-13)16(21)22/h2-9H,1H3,(H,18,20)(H,21,22)/b12-9-. The SMILES string of the molecule is Cn1cccc1/C=C(/C#N)C(=O)Nc1ccc(C(=O)O)cc1. The summed E-state index contributed by atoms with van der Waals surface area (Å²) < 4.78 is 1.78. The third kappa shape index (κ3) is 3.41. The number of nitrogens with one attached hydrogen (secondary N) is 1. The van der Waals surface area contributed by atoms with Gasteiger partial charge in [-0.05, 0) is 42.5 Å². The predicted octanol–water partition coefficient (Wildman–Crippen LogP) is 2.27. The molecule has 22 heavy (non-hydrogen) atoms. The van der Waals surface area contributed by atoms with Crippen molar-refractivity contribution in [2.75, 3.05) is 5.32 Å². The van der Waals surface area contributed by atoms with Crippen LogP contribution in [0.25, 0.3) is 6.08 Å². The van der Waals surface area contributed by atoms with Crippen molar-refractivity contribution in [2.24, 2.45) is 7.05 Å². The highest BCUT2D eigenvalue weighted by Crippen LogP contribution is 2.13. The molecule has 2 N–H and O–H groups in total. The van der Waals surface area contributed by atoms with Crippen molar-refractivity contribution in [3.63, 3.8) is 0 Å². The maximum atomic E-state index is 12.1. The van der Waals surface area contributed by atoms with Crippen LogP contribution in [-0.4, -0.2) is 21.6 Å². The Morgan fingerprint density at radius 2 is 1.95 bits per heavy atom. The molecule has 1 aromatic carbocycles. The molecule has 1 aromatic heterocycles. The van der Waals surface area contributed by atoms with Gasteiger partial charge in [-0.2, -0.15) is 5.26 Å². The van der Waals surface area contributed by atoms with Crippen LogP contribution in [-0.2, 0) is 11.8 Å². The number of benzene rings is 1. The van der Waals surface area contributed by atoms with Crippen molar-refractivity contribution < 1.29 is 14.7 Å². The molecule has 0 saturated heterocycles. The lowest BCUT2D eigenvalue weighted by atomic mass is 10.2. The van der Waals surface area contributed by atoms with Gasteiger partial charge in [-0.15, -0.1) is 0 Å². The molecule has 1 heterocycles. The maximum absolute atomic E-state index is 12.1. The number of amides is 1. The molecule has 0 spiro atoms. The molecule has 2 aromatic rings. The summed E-state index contributed by atoms with van der Waals surface area (Å²) >= 11 is 0. The molecule has 2 rings (SSSR count). The summed E-state index contributed by atoms with van der Waals surface area (Å²) in [6.45, 7) is 0. The number of rotatable bonds is 4. The first-order chi connectivity index (χ1) is 10.5. The van der Waals surface area contributed by atoms with E-state index in [2.05, 4.69) is 5.32 Å². The first-order valence-electron chi connectivity index (χ1n) is 6.39. The summed E-state index contributed by atoms with van der Waals surface area (Å²) in [4.78, 5) is 22.8. The molecule has 0 unspecified atom stereocenters. The summed E-state index contributed by atoms with van der Waals surface area (Å²) in [7, 11) is 1.81. The zero-order chi connectivity index (χ0) is 16.1. The number of carboxylic acids is 1. The van der Waals surface area contributed by atoms with Crippen molar-refractivity contribution in [3.8, 4) is 6.07 Å². The topological polar surface area (TPSA) is 95.1 Å². The smallest absolute Gasteiger partial charge is 0.335 e. The third-order valence-corrected chi connectivity index (χ3v) is 3.03. The van der Waals surface area contributed by atoms with Gasteiger partial charge in [0.15, 0.2) is 0 Å². The van der Waals surface area contributed by atoms with E-state index < -0.39 is 11.9 Å². The number of carbonyl (C=O) groups is 2. The molecule has 0 bridgehead atoms. The Morgan fingerprint density at radius 3 is 2.45 bits per heavy atom. The van der Waals surface area contributed by atoms with Gasteiger partial charge in [0.25, 0.3) is 5.91 Å². The zero-order valence-corrected chi connectivity index (χ0v) is 11.8. The molecule has 0 radical (unpaired) electrons. The molecule has 0 aliphatic heterocycles. The number of carboxylic acid groups (broad SMARTS) is 1. The quantitative estimate of drug-likeness (QED) is 0.668. The van der Waals surface area contributed by atoms with E-state index in [-0.39, 0.29) is 11.1 Å². The zero-order valence-electron chi connectivity index (χ0n) is 11.8. The van der Waals surface area contributed by atoms with Gasteiger partial charge in [0, 0.05) is 24.6 Å². The summed E-state index contributed by atoms with van der Waals surface area (Å²) in [5.41, 5.74) is 1.23. The van der Waals surface area contributed by atoms with Crippen molar-refractivity contribution in [1.82, 2.24) is 4.57 Å². The minimum Gasteiger partial charge on any atom is -0.478 e. The monoisotopic (exact) mass is 295 g/mol. The number of nitrogens with zero attached hydrogens (tertiary/aromatic N) is 2. The number of nitriles is 1. The van der Waals surface area contributed by atoms with Crippen LogP contribution in [0.1, 0.15) is 16.1 Å². The van der Waals surface area contributed by atoms with E-state index in [1.165, 1.54) is 30.3 Å². The van der Waals surface area contributed by atoms with Gasteiger partial charge in [0.05, 0.1) is 5.56 Å². The minimum absolute atomic E-state index is 0.0379. The number of aryl methyl sites for hydroxylation is 1. The van der Waals surface area contributed by atoms with E-state index in [0.29, 0.717) is 5.69 Å². The molecule has 6 heteroatoms. The molecule has 6 nitrogen and oxygen atoms in total. The first kappa shape index (κ1) is 15.1. The highest BCUT2D eigenvalue weighted by molar-refractivity contribution is 6.09. The lowest BCUT2D eigenvalue weighted by Crippen LogP contribution is -2.13. The summed E-state index contributed by atoms with van der Waals surface area (Å²) in [6.07, 6.45) is 3.30. The Balaban J connectivity index is 2.16. The highest BCUT2D eigenvalue weighted by Gasteiger charge is 2.11. The van der Waals surface area contributed by atoms with Gasteiger partial charge in [-0.25, -0.2) is 4.79 Å². The molecule has 1 amide bonds. The van der Waals surface area contributed by atoms with Crippen LogP contribution in [0.2, 0.25) is 0 Å². The predicted molar refractivity (Wildman–Crippen MR) is 81.0 cm³/mol. The van der Waals surface area contributed by atoms with E-state index in [1.54, 1.807) is 10.6 Å². The van der Waals surface area contributed by atoms with E-state index >= 15 is 0 Å². The first-order valence-corrected chi connectivity index (χ1v) is 6.39. The number of hydrogen-bond acceptors (Lipinski definition) is 3. The molecular formula is C16H13N3O3. The summed E-state index contributed by atoms with van der Waals surface area (Å²) in [5, 5.41) is 20.5. The lowest BCUT2D eigenvalue weighted by Gasteiger charge is -2.05. The summed E-state index contributed by atoms with van der Waals surface area (Å²) in [5.74, 6) is -1.59. The van der Waals surface area contributed by atoms with Gasteiger partial charge in [-0.1, -0.05) is 0 Å². The van der Waals surface area contributed by atoms with Gasteiger partial charge in [0.1, 0.15) is 11.6 Å². The average molecular weight is 295 g/mol. The molecule has 0 atom stereocenters. The number of aromatic nitrogens is 1. The molecule has 0 saturated carbocycles. The van der Waals surface area contributed by atoms with Gasteiger partial charge in [0.2, 0.25) is 0 Å². The second-order valence-electron chi connectivity index (χ2n) is 4.55. The number of carbonyl (C=O) groups excluding carboxylic acids is 1. The third-order valence-electron chi connectivity index (χ3n) is 3.03. The molecular weight excluding hydrogens is 282 g/mol. The van der Waals surface area contributed by atoms with E-state index in [0.717, 1.165) is 5.69 Å². The number of anilines is 1. The molecule has 0 aliphatic rings. The van der Waals surface area contributed by atoms with Crippen LogP contribution >= 0.6 is 0 Å². The van der Waals surface area contributed by atoms with Crippen LogP contribution in [0.15, 0.2) is 48.2 Å². The second-order valence-corrected chi connectivity index (χ2v) is 4.55. The van der Waals surface area contributed by atoms with Gasteiger partial charge >= 0.3 is 5.97 Å². The Labute approximate surface area is 126 Å². The number of aromatic carboxylic acids is 1. The fourth-order valence-corrected chi connectivity index (χ4v) is 1.82. The highest BCUT2D eigenvalue weighted by atomic mass is 16.4. The van der Waals surface area contributed by atoms with Crippen LogP contribution in [0, 0.1) is 11.3 Å². The van der Waals surface area contributed by atoms with Crippen molar-refractivity contribution in [3.05, 3.63) is 59.4 Å².